The van der Waals surface area contributed by atoms with Crippen molar-refractivity contribution in [1.82, 2.24) is 0 Å². The van der Waals surface area contributed by atoms with Gasteiger partial charge in [0.15, 0.2) is 0 Å². The third-order valence-corrected chi connectivity index (χ3v) is 4.67. The van der Waals surface area contributed by atoms with Gasteiger partial charge < -0.3 is 4.84 Å². The van der Waals surface area contributed by atoms with Gasteiger partial charge in [-0.3, -0.25) is 0 Å². The van der Waals surface area contributed by atoms with Crippen LogP contribution in [0.15, 0.2) is 5.16 Å². The van der Waals surface area contributed by atoms with Crippen LogP contribution in [0, 0.1) is 11.8 Å². The molecule has 0 N–H and O–H groups in total. The van der Waals surface area contributed by atoms with E-state index in [2.05, 4.69) is 5.16 Å². The fraction of sp³-hybridized carbons (Fsp3) is 0.875. The predicted molar refractivity (Wildman–Crippen MR) is 77.0 cm³/mol. The molecule has 0 aromatic rings. The number of rotatable bonds is 4. The van der Waals surface area contributed by atoms with Gasteiger partial charge in [-0.15, -0.1) is 0 Å². The lowest BCUT2D eigenvalue weighted by Gasteiger charge is -2.21. The molecule has 0 aromatic carbocycles. The quantitative estimate of drug-likeness (QED) is 0.428. The molecule has 0 saturated heterocycles. The zero-order valence-electron chi connectivity index (χ0n) is 12.2. The molecule has 0 atom stereocenters. The predicted octanol–water partition coefficient (Wildman–Crippen LogP) is 4.46. The lowest BCUT2D eigenvalue weighted by Crippen LogP contribution is -2.17. The van der Waals surface area contributed by atoms with Crippen molar-refractivity contribution in [3.05, 3.63) is 0 Å². The first-order chi connectivity index (χ1) is 9.25. The Balaban J connectivity index is 1.71. The van der Waals surface area contributed by atoms with Crippen molar-refractivity contribution in [2.75, 3.05) is 0 Å². The van der Waals surface area contributed by atoms with Gasteiger partial charge >= 0.3 is 5.97 Å². The van der Waals surface area contributed by atoms with Crippen molar-refractivity contribution in [1.29, 1.82) is 0 Å². The Morgan fingerprint density at radius 1 is 1.00 bits per heavy atom. The Morgan fingerprint density at radius 2 is 1.58 bits per heavy atom. The van der Waals surface area contributed by atoms with Crippen LogP contribution in [0.25, 0.3) is 0 Å². The molecule has 2 aliphatic carbocycles. The second-order valence-electron chi connectivity index (χ2n) is 6.24. The van der Waals surface area contributed by atoms with E-state index in [-0.39, 0.29) is 5.97 Å². The van der Waals surface area contributed by atoms with E-state index in [0.29, 0.717) is 18.3 Å². The van der Waals surface area contributed by atoms with E-state index < -0.39 is 0 Å². The fourth-order valence-corrected chi connectivity index (χ4v) is 3.38. The SMILES string of the molecule is CC(=NOC(=O)CC1CCCCC1)C1CCCCC1. The van der Waals surface area contributed by atoms with Gasteiger partial charge in [0.2, 0.25) is 0 Å². The summed E-state index contributed by atoms with van der Waals surface area (Å²) in [7, 11) is 0. The molecule has 19 heavy (non-hydrogen) atoms. The van der Waals surface area contributed by atoms with Crippen LogP contribution in [-0.4, -0.2) is 11.7 Å². The van der Waals surface area contributed by atoms with Gasteiger partial charge in [-0.05, 0) is 38.5 Å². The van der Waals surface area contributed by atoms with Gasteiger partial charge in [0.25, 0.3) is 0 Å². The fourth-order valence-electron chi connectivity index (χ4n) is 3.38. The monoisotopic (exact) mass is 265 g/mol. The average molecular weight is 265 g/mol. The topological polar surface area (TPSA) is 38.7 Å². The summed E-state index contributed by atoms with van der Waals surface area (Å²) in [6.45, 7) is 2.00. The molecule has 0 spiro atoms. The first-order valence-corrected chi connectivity index (χ1v) is 8.00. The van der Waals surface area contributed by atoms with Crippen molar-refractivity contribution in [2.24, 2.45) is 17.0 Å². The van der Waals surface area contributed by atoms with E-state index in [0.717, 1.165) is 5.71 Å². The van der Waals surface area contributed by atoms with E-state index >= 15 is 0 Å². The zero-order valence-corrected chi connectivity index (χ0v) is 12.2. The molecular weight excluding hydrogens is 238 g/mol. The first kappa shape index (κ1) is 14.5. The molecule has 2 saturated carbocycles. The largest absolute Gasteiger partial charge is 0.335 e. The Hall–Kier alpha value is -0.860. The molecule has 0 amide bonds. The highest BCUT2D eigenvalue weighted by atomic mass is 16.7. The van der Waals surface area contributed by atoms with Crippen LogP contribution in [0.2, 0.25) is 0 Å². The van der Waals surface area contributed by atoms with Crippen LogP contribution < -0.4 is 0 Å². The van der Waals surface area contributed by atoms with Crippen molar-refractivity contribution in [2.45, 2.75) is 77.6 Å². The van der Waals surface area contributed by atoms with Gasteiger partial charge in [0.05, 0.1) is 12.1 Å². The molecule has 0 unspecified atom stereocenters. The maximum atomic E-state index is 11.8. The lowest BCUT2D eigenvalue weighted by atomic mass is 9.86. The minimum Gasteiger partial charge on any atom is -0.318 e. The highest BCUT2D eigenvalue weighted by Crippen LogP contribution is 2.27. The summed E-state index contributed by atoms with van der Waals surface area (Å²) in [6.07, 6.45) is 13.1. The smallest absolute Gasteiger partial charge is 0.318 e. The number of oxime groups is 1. The molecule has 0 heterocycles. The minimum atomic E-state index is -0.137. The highest BCUT2D eigenvalue weighted by molar-refractivity contribution is 5.84. The third kappa shape index (κ3) is 4.96. The van der Waals surface area contributed by atoms with Gasteiger partial charge in [0, 0.05) is 5.92 Å². The van der Waals surface area contributed by atoms with Crippen molar-refractivity contribution < 1.29 is 9.63 Å². The Morgan fingerprint density at radius 3 is 2.21 bits per heavy atom. The second kappa shape index (κ2) is 7.66. The van der Waals surface area contributed by atoms with Crippen LogP contribution in [0.1, 0.15) is 77.6 Å². The number of carbonyl (C=O) groups excluding carboxylic acids is 1. The maximum absolute atomic E-state index is 11.8. The van der Waals surface area contributed by atoms with Gasteiger partial charge in [-0.1, -0.05) is 43.7 Å². The van der Waals surface area contributed by atoms with Crippen molar-refractivity contribution >= 4 is 11.7 Å². The molecule has 2 aliphatic rings. The van der Waals surface area contributed by atoms with Crippen LogP contribution in [0.3, 0.4) is 0 Å². The molecule has 0 aliphatic heterocycles. The molecule has 2 fully saturated rings. The summed E-state index contributed by atoms with van der Waals surface area (Å²) < 4.78 is 0. The molecule has 0 aromatic heterocycles. The van der Waals surface area contributed by atoms with Gasteiger partial charge in [-0.2, -0.15) is 0 Å². The summed E-state index contributed by atoms with van der Waals surface area (Å²) in [5, 5.41) is 4.08. The Bertz CT molecular complexity index is 313. The summed E-state index contributed by atoms with van der Waals surface area (Å²) >= 11 is 0. The molecule has 2 rings (SSSR count). The van der Waals surface area contributed by atoms with Crippen molar-refractivity contribution in [3.8, 4) is 0 Å². The van der Waals surface area contributed by atoms with Crippen LogP contribution in [0.4, 0.5) is 0 Å². The number of nitrogens with zero attached hydrogens (tertiary/aromatic N) is 1. The highest BCUT2D eigenvalue weighted by Gasteiger charge is 2.19. The number of carbonyl (C=O) groups is 1. The van der Waals surface area contributed by atoms with Crippen molar-refractivity contribution in [3.63, 3.8) is 0 Å². The first-order valence-electron chi connectivity index (χ1n) is 8.00. The third-order valence-electron chi connectivity index (χ3n) is 4.67. The van der Waals surface area contributed by atoms with Gasteiger partial charge in [-0.25, -0.2) is 4.79 Å². The summed E-state index contributed by atoms with van der Waals surface area (Å²) in [6, 6.07) is 0. The van der Waals surface area contributed by atoms with E-state index in [1.54, 1.807) is 0 Å². The molecule has 0 radical (unpaired) electrons. The standard InChI is InChI=1S/C16H27NO2/c1-13(15-10-6-3-7-11-15)17-19-16(18)12-14-8-4-2-5-9-14/h14-15H,2-12H2,1H3. The number of hydrogen-bond acceptors (Lipinski definition) is 3. The summed E-state index contributed by atoms with van der Waals surface area (Å²) in [4.78, 5) is 16.9. The molecular formula is C16H27NO2. The van der Waals surface area contributed by atoms with Crippen LogP contribution >= 0.6 is 0 Å². The van der Waals surface area contributed by atoms with Crippen LogP contribution in [-0.2, 0) is 9.63 Å². The van der Waals surface area contributed by atoms with E-state index in [4.69, 9.17) is 4.84 Å². The summed E-state index contributed by atoms with van der Waals surface area (Å²) in [5.41, 5.74) is 1.01. The average Bonchev–Trinajstić information content (AvgIpc) is 2.47. The van der Waals surface area contributed by atoms with Crippen LogP contribution in [0.5, 0.6) is 0 Å². The lowest BCUT2D eigenvalue weighted by molar-refractivity contribution is -0.145. The Labute approximate surface area is 116 Å². The molecule has 3 heteroatoms. The van der Waals surface area contributed by atoms with Gasteiger partial charge in [0.1, 0.15) is 0 Å². The zero-order chi connectivity index (χ0) is 13.5. The van der Waals surface area contributed by atoms with E-state index in [1.807, 2.05) is 6.92 Å². The number of hydrogen-bond donors (Lipinski definition) is 0. The van der Waals surface area contributed by atoms with E-state index in [1.165, 1.54) is 64.2 Å². The molecule has 0 bridgehead atoms. The Kier molecular flexibility index (Phi) is 5.87. The van der Waals surface area contributed by atoms with E-state index in [9.17, 15) is 4.79 Å². The molecule has 108 valence electrons. The molecule has 3 nitrogen and oxygen atoms in total. The normalized spacial score (nSPS) is 23.3. The minimum absolute atomic E-state index is 0.137. The second-order valence-corrected chi connectivity index (χ2v) is 6.24. The summed E-state index contributed by atoms with van der Waals surface area (Å²) in [5.74, 6) is 0.935. The maximum Gasteiger partial charge on any atom is 0.335 e.